The standard InChI is InChI=1S/C13H8Cl3NO2/c1-19-13(18)8-4-7(5-17-6-8)9-2-3-10(14)12(16)11(9)15/h2-6H,1H3. The Morgan fingerprint density at radius 1 is 1.16 bits per heavy atom. The molecule has 1 aromatic carbocycles. The van der Waals surface area contributed by atoms with E-state index in [1.807, 2.05) is 0 Å². The van der Waals surface area contributed by atoms with Crippen LogP contribution in [0.5, 0.6) is 0 Å². The summed E-state index contributed by atoms with van der Waals surface area (Å²) in [5.74, 6) is -0.467. The number of methoxy groups -OCH3 is 1. The number of carbonyl (C=O) groups excluding carboxylic acids is 1. The molecule has 0 spiro atoms. The maximum atomic E-state index is 11.5. The van der Waals surface area contributed by atoms with Crippen molar-refractivity contribution >= 4 is 40.8 Å². The molecule has 0 N–H and O–H groups in total. The van der Waals surface area contributed by atoms with Gasteiger partial charge in [0.15, 0.2) is 0 Å². The Bertz CT molecular complexity index is 644. The second-order valence-corrected chi connectivity index (χ2v) is 4.84. The first-order chi connectivity index (χ1) is 9.04. The van der Waals surface area contributed by atoms with Gasteiger partial charge in [0.1, 0.15) is 0 Å². The normalized spacial score (nSPS) is 10.3. The summed E-state index contributed by atoms with van der Waals surface area (Å²) in [6, 6.07) is 4.98. The summed E-state index contributed by atoms with van der Waals surface area (Å²) < 4.78 is 4.64. The van der Waals surface area contributed by atoms with E-state index >= 15 is 0 Å². The summed E-state index contributed by atoms with van der Waals surface area (Å²) in [6.45, 7) is 0. The smallest absolute Gasteiger partial charge is 0.339 e. The minimum Gasteiger partial charge on any atom is -0.465 e. The van der Waals surface area contributed by atoms with Crippen LogP contribution in [0.2, 0.25) is 15.1 Å². The van der Waals surface area contributed by atoms with E-state index in [1.54, 1.807) is 24.4 Å². The molecule has 0 unspecified atom stereocenters. The predicted octanol–water partition coefficient (Wildman–Crippen LogP) is 4.50. The Balaban J connectivity index is 2.54. The number of esters is 1. The molecule has 3 nitrogen and oxygen atoms in total. The van der Waals surface area contributed by atoms with Gasteiger partial charge in [0.25, 0.3) is 0 Å². The zero-order valence-corrected chi connectivity index (χ0v) is 12.1. The molecule has 2 rings (SSSR count). The molecule has 6 heteroatoms. The van der Waals surface area contributed by atoms with Gasteiger partial charge in [-0.3, -0.25) is 4.98 Å². The molecule has 98 valence electrons. The minimum atomic E-state index is -0.467. The molecule has 0 amide bonds. The van der Waals surface area contributed by atoms with E-state index in [-0.39, 0.29) is 5.02 Å². The van der Waals surface area contributed by atoms with Crippen molar-refractivity contribution in [3.05, 3.63) is 51.2 Å². The Kier molecular flexibility index (Phi) is 4.30. The van der Waals surface area contributed by atoms with Gasteiger partial charge >= 0.3 is 5.97 Å². The quantitative estimate of drug-likeness (QED) is 0.605. The summed E-state index contributed by atoms with van der Waals surface area (Å²) in [5, 5.41) is 0.954. The van der Waals surface area contributed by atoms with Gasteiger partial charge in [-0.25, -0.2) is 4.79 Å². The van der Waals surface area contributed by atoms with Crippen LogP contribution in [0.4, 0.5) is 0 Å². The Labute approximate surface area is 125 Å². The van der Waals surface area contributed by atoms with E-state index in [1.165, 1.54) is 13.3 Å². The topological polar surface area (TPSA) is 39.2 Å². The van der Waals surface area contributed by atoms with Crippen LogP contribution in [0.25, 0.3) is 11.1 Å². The van der Waals surface area contributed by atoms with Crippen molar-refractivity contribution in [2.24, 2.45) is 0 Å². The first kappa shape index (κ1) is 14.1. The fraction of sp³-hybridized carbons (Fsp3) is 0.0769. The fourth-order valence-corrected chi connectivity index (χ4v) is 2.21. The van der Waals surface area contributed by atoms with Crippen molar-refractivity contribution in [1.82, 2.24) is 4.98 Å². The highest BCUT2D eigenvalue weighted by atomic mass is 35.5. The number of ether oxygens (including phenoxy) is 1. The van der Waals surface area contributed by atoms with Crippen molar-refractivity contribution in [1.29, 1.82) is 0 Å². The van der Waals surface area contributed by atoms with E-state index in [0.29, 0.717) is 26.7 Å². The molecule has 0 aliphatic rings. The molecule has 1 aromatic heterocycles. The number of pyridine rings is 1. The van der Waals surface area contributed by atoms with E-state index in [2.05, 4.69) is 9.72 Å². The first-order valence-electron chi connectivity index (χ1n) is 5.22. The summed E-state index contributed by atoms with van der Waals surface area (Å²) in [5.41, 5.74) is 1.64. The van der Waals surface area contributed by atoms with Crippen LogP contribution in [0.15, 0.2) is 30.6 Å². The van der Waals surface area contributed by atoms with Crippen LogP contribution < -0.4 is 0 Å². The number of nitrogens with zero attached hydrogens (tertiary/aromatic N) is 1. The monoisotopic (exact) mass is 315 g/mol. The highest BCUT2D eigenvalue weighted by molar-refractivity contribution is 6.49. The van der Waals surface area contributed by atoms with Crippen molar-refractivity contribution in [3.8, 4) is 11.1 Å². The van der Waals surface area contributed by atoms with Crippen LogP contribution in [0.1, 0.15) is 10.4 Å². The van der Waals surface area contributed by atoms with E-state index in [4.69, 9.17) is 34.8 Å². The van der Waals surface area contributed by atoms with Gasteiger partial charge in [-0.2, -0.15) is 0 Å². The van der Waals surface area contributed by atoms with Gasteiger partial charge in [-0.05, 0) is 12.1 Å². The molecule has 0 aliphatic carbocycles. The summed E-state index contributed by atoms with van der Waals surface area (Å²) in [4.78, 5) is 15.4. The lowest BCUT2D eigenvalue weighted by Gasteiger charge is -2.08. The highest BCUT2D eigenvalue weighted by Gasteiger charge is 2.13. The molecule has 0 bridgehead atoms. The zero-order chi connectivity index (χ0) is 14.0. The molecule has 0 saturated carbocycles. The molecule has 1 heterocycles. The third-order valence-electron chi connectivity index (χ3n) is 2.51. The SMILES string of the molecule is COC(=O)c1cncc(-c2ccc(Cl)c(Cl)c2Cl)c1. The lowest BCUT2D eigenvalue weighted by Crippen LogP contribution is -2.01. The molecule has 0 atom stereocenters. The molecule has 0 radical (unpaired) electrons. The van der Waals surface area contributed by atoms with E-state index in [0.717, 1.165) is 0 Å². The van der Waals surface area contributed by atoms with Crippen LogP contribution in [0.3, 0.4) is 0 Å². The van der Waals surface area contributed by atoms with Crippen molar-refractivity contribution < 1.29 is 9.53 Å². The average Bonchev–Trinajstić information content (AvgIpc) is 2.44. The first-order valence-corrected chi connectivity index (χ1v) is 6.35. The van der Waals surface area contributed by atoms with Crippen LogP contribution in [-0.2, 0) is 4.74 Å². The predicted molar refractivity (Wildman–Crippen MR) is 76.0 cm³/mol. The van der Waals surface area contributed by atoms with Gasteiger partial charge in [0, 0.05) is 23.5 Å². The van der Waals surface area contributed by atoms with Crippen molar-refractivity contribution in [2.45, 2.75) is 0 Å². The minimum absolute atomic E-state index is 0.268. The summed E-state index contributed by atoms with van der Waals surface area (Å²) in [7, 11) is 1.31. The van der Waals surface area contributed by atoms with Crippen LogP contribution in [0, 0.1) is 0 Å². The highest BCUT2D eigenvalue weighted by Crippen LogP contribution is 2.37. The van der Waals surface area contributed by atoms with Gasteiger partial charge in [0.05, 0.1) is 27.7 Å². The Morgan fingerprint density at radius 3 is 2.58 bits per heavy atom. The molecule has 19 heavy (non-hydrogen) atoms. The fourth-order valence-electron chi connectivity index (χ4n) is 1.57. The maximum absolute atomic E-state index is 11.5. The molecular weight excluding hydrogens is 309 g/mol. The maximum Gasteiger partial charge on any atom is 0.339 e. The number of rotatable bonds is 2. The van der Waals surface area contributed by atoms with Crippen molar-refractivity contribution in [2.75, 3.05) is 7.11 Å². The summed E-state index contributed by atoms with van der Waals surface area (Å²) in [6.07, 6.45) is 3.00. The largest absolute Gasteiger partial charge is 0.465 e. The van der Waals surface area contributed by atoms with Crippen LogP contribution in [-0.4, -0.2) is 18.1 Å². The van der Waals surface area contributed by atoms with Gasteiger partial charge in [-0.1, -0.05) is 40.9 Å². The molecule has 0 saturated heterocycles. The number of hydrogen-bond acceptors (Lipinski definition) is 3. The summed E-state index contributed by atoms with van der Waals surface area (Å²) >= 11 is 18.0. The second-order valence-electron chi connectivity index (χ2n) is 3.68. The Hall–Kier alpha value is -1.29. The van der Waals surface area contributed by atoms with E-state index < -0.39 is 5.97 Å². The molecule has 0 fully saturated rings. The van der Waals surface area contributed by atoms with Gasteiger partial charge in [-0.15, -0.1) is 0 Å². The Morgan fingerprint density at radius 2 is 1.89 bits per heavy atom. The molecule has 0 aliphatic heterocycles. The molecular formula is C13H8Cl3NO2. The molecule has 2 aromatic rings. The van der Waals surface area contributed by atoms with Crippen LogP contribution >= 0.6 is 34.8 Å². The average molecular weight is 317 g/mol. The second kappa shape index (κ2) is 5.78. The van der Waals surface area contributed by atoms with Crippen molar-refractivity contribution in [3.63, 3.8) is 0 Å². The van der Waals surface area contributed by atoms with E-state index in [9.17, 15) is 4.79 Å². The third-order valence-corrected chi connectivity index (χ3v) is 3.80. The number of carbonyl (C=O) groups is 1. The lowest BCUT2D eigenvalue weighted by molar-refractivity contribution is 0.0600. The third kappa shape index (κ3) is 2.84. The van der Waals surface area contributed by atoms with Gasteiger partial charge < -0.3 is 4.74 Å². The number of benzene rings is 1. The number of halogens is 3. The van der Waals surface area contributed by atoms with Gasteiger partial charge in [0.2, 0.25) is 0 Å². The number of aromatic nitrogens is 1. The zero-order valence-electron chi connectivity index (χ0n) is 9.78. The number of hydrogen-bond donors (Lipinski definition) is 0. The lowest BCUT2D eigenvalue weighted by atomic mass is 10.1.